The lowest BCUT2D eigenvalue weighted by Gasteiger charge is -2.37. The van der Waals surface area contributed by atoms with Crippen molar-refractivity contribution in [3.63, 3.8) is 0 Å². The van der Waals surface area contributed by atoms with Crippen LogP contribution in [0.3, 0.4) is 0 Å². The lowest BCUT2D eigenvalue weighted by atomic mass is 9.80. The molecule has 5 nitrogen and oxygen atoms in total. The summed E-state index contributed by atoms with van der Waals surface area (Å²) in [6.45, 7) is 2.42. The molecule has 2 unspecified atom stereocenters. The molecule has 1 aliphatic rings. The van der Waals surface area contributed by atoms with Crippen LogP contribution in [0.1, 0.15) is 36.8 Å². The fourth-order valence-electron chi connectivity index (χ4n) is 4.85. The van der Waals surface area contributed by atoms with Gasteiger partial charge in [0.15, 0.2) is 0 Å². The minimum atomic E-state index is -0.725. The zero-order valence-electron chi connectivity index (χ0n) is 19.3. The number of carbonyl (C=O) groups is 1. The SMILES string of the molecule is COc1ccc2ncc(Cl)c(CCCC3CCN(CC#Cc4ccsc4)CC3CC(=O)O)c2c1. The van der Waals surface area contributed by atoms with Crippen molar-refractivity contribution in [3.8, 4) is 17.6 Å². The van der Waals surface area contributed by atoms with E-state index in [4.69, 9.17) is 16.3 Å². The van der Waals surface area contributed by atoms with E-state index >= 15 is 0 Å². The lowest BCUT2D eigenvalue weighted by molar-refractivity contribution is -0.139. The van der Waals surface area contributed by atoms with Crippen LogP contribution in [0.2, 0.25) is 5.02 Å². The Morgan fingerprint density at radius 1 is 1.35 bits per heavy atom. The van der Waals surface area contributed by atoms with Crippen LogP contribution in [-0.4, -0.2) is 47.7 Å². The number of carboxylic acid groups (broad SMARTS) is 1. The van der Waals surface area contributed by atoms with Crippen molar-refractivity contribution in [2.24, 2.45) is 11.8 Å². The molecule has 3 aromatic rings. The van der Waals surface area contributed by atoms with Crippen LogP contribution >= 0.6 is 22.9 Å². The largest absolute Gasteiger partial charge is 0.497 e. The van der Waals surface area contributed by atoms with Gasteiger partial charge in [-0.15, -0.1) is 0 Å². The van der Waals surface area contributed by atoms with Crippen LogP contribution in [0, 0.1) is 23.7 Å². The van der Waals surface area contributed by atoms with E-state index in [1.54, 1.807) is 24.6 Å². The number of piperidine rings is 1. The Kier molecular flexibility index (Phi) is 8.44. The van der Waals surface area contributed by atoms with Crippen LogP contribution in [0.4, 0.5) is 0 Å². The summed E-state index contributed by atoms with van der Waals surface area (Å²) < 4.78 is 5.39. The Labute approximate surface area is 209 Å². The van der Waals surface area contributed by atoms with E-state index in [9.17, 15) is 9.90 Å². The van der Waals surface area contributed by atoms with E-state index in [0.29, 0.717) is 17.5 Å². The zero-order valence-corrected chi connectivity index (χ0v) is 20.9. The molecule has 2 aromatic heterocycles. The maximum absolute atomic E-state index is 11.6. The van der Waals surface area contributed by atoms with E-state index in [1.165, 1.54) is 0 Å². The quantitative estimate of drug-likeness (QED) is 0.402. The molecule has 0 amide bonds. The number of halogens is 1. The molecule has 2 atom stereocenters. The number of benzene rings is 1. The van der Waals surface area contributed by atoms with Gasteiger partial charge in [-0.3, -0.25) is 14.7 Å². The van der Waals surface area contributed by atoms with Crippen LogP contribution < -0.4 is 4.74 Å². The first-order valence-corrected chi connectivity index (χ1v) is 12.9. The predicted molar refractivity (Wildman–Crippen MR) is 138 cm³/mol. The van der Waals surface area contributed by atoms with Crippen LogP contribution in [-0.2, 0) is 11.2 Å². The summed E-state index contributed by atoms with van der Waals surface area (Å²) in [5, 5.41) is 15.3. The average Bonchev–Trinajstić information content (AvgIpc) is 3.34. The number of aryl methyl sites for hydroxylation is 1. The van der Waals surface area contributed by atoms with Gasteiger partial charge in [0.05, 0.1) is 24.2 Å². The first kappa shape index (κ1) is 24.5. The highest BCUT2D eigenvalue weighted by molar-refractivity contribution is 7.08. The number of aliphatic carboxylic acids is 1. The third-order valence-corrected chi connectivity index (χ3v) is 7.61. The van der Waals surface area contributed by atoms with Gasteiger partial charge in [0.1, 0.15) is 5.75 Å². The monoisotopic (exact) mass is 496 g/mol. The number of methoxy groups -OCH3 is 1. The molecule has 4 rings (SSSR count). The highest BCUT2D eigenvalue weighted by Gasteiger charge is 2.30. The Bertz CT molecular complexity index is 1190. The normalized spacial score (nSPS) is 18.4. The van der Waals surface area contributed by atoms with Crippen molar-refractivity contribution in [1.82, 2.24) is 9.88 Å². The van der Waals surface area contributed by atoms with Crippen LogP contribution in [0.5, 0.6) is 5.75 Å². The van der Waals surface area contributed by atoms with E-state index in [2.05, 4.69) is 21.7 Å². The number of aromatic nitrogens is 1. The number of hydrogen-bond donors (Lipinski definition) is 1. The lowest BCUT2D eigenvalue weighted by Crippen LogP contribution is -2.41. The first-order chi connectivity index (χ1) is 16.5. The maximum Gasteiger partial charge on any atom is 0.303 e. The number of ether oxygens (including phenoxy) is 1. The molecule has 1 fully saturated rings. The summed E-state index contributed by atoms with van der Waals surface area (Å²) >= 11 is 8.17. The van der Waals surface area contributed by atoms with Crippen molar-refractivity contribution in [2.75, 3.05) is 26.7 Å². The van der Waals surface area contributed by atoms with Gasteiger partial charge in [-0.1, -0.05) is 23.4 Å². The van der Waals surface area contributed by atoms with Crippen molar-refractivity contribution in [2.45, 2.75) is 32.1 Å². The van der Waals surface area contributed by atoms with E-state index in [1.807, 2.05) is 35.0 Å². The van der Waals surface area contributed by atoms with Crippen LogP contribution in [0.15, 0.2) is 41.2 Å². The Hall–Kier alpha value is -2.59. The topological polar surface area (TPSA) is 62.7 Å². The molecule has 0 saturated carbocycles. The van der Waals surface area contributed by atoms with Gasteiger partial charge < -0.3 is 9.84 Å². The molecule has 178 valence electrons. The molecular formula is C27H29ClN2O3S. The second kappa shape index (κ2) is 11.7. The first-order valence-electron chi connectivity index (χ1n) is 11.6. The Balaban J connectivity index is 1.38. The second-order valence-corrected chi connectivity index (χ2v) is 10.0. The third kappa shape index (κ3) is 6.29. The molecule has 7 heteroatoms. The second-order valence-electron chi connectivity index (χ2n) is 8.82. The van der Waals surface area contributed by atoms with Crippen molar-refractivity contribution in [3.05, 3.63) is 57.4 Å². The summed E-state index contributed by atoms with van der Waals surface area (Å²) in [5.74, 6) is 7.03. The number of pyridine rings is 1. The van der Waals surface area contributed by atoms with E-state index < -0.39 is 5.97 Å². The highest BCUT2D eigenvalue weighted by Crippen LogP contribution is 2.33. The molecule has 34 heavy (non-hydrogen) atoms. The number of thiophene rings is 1. The average molecular weight is 497 g/mol. The molecule has 0 spiro atoms. The molecular weight excluding hydrogens is 468 g/mol. The molecule has 0 bridgehead atoms. The van der Waals surface area contributed by atoms with Gasteiger partial charge >= 0.3 is 5.97 Å². The van der Waals surface area contributed by atoms with Gasteiger partial charge in [-0.2, -0.15) is 11.3 Å². The van der Waals surface area contributed by atoms with Gasteiger partial charge in [-0.05, 0) is 79.3 Å². The summed E-state index contributed by atoms with van der Waals surface area (Å²) in [6.07, 6.45) is 5.68. The third-order valence-electron chi connectivity index (χ3n) is 6.60. The predicted octanol–water partition coefficient (Wildman–Crippen LogP) is 5.75. The van der Waals surface area contributed by atoms with Crippen LogP contribution in [0.25, 0.3) is 10.9 Å². The van der Waals surface area contributed by atoms with Crippen molar-refractivity contribution < 1.29 is 14.6 Å². The minimum Gasteiger partial charge on any atom is -0.497 e. The van der Waals surface area contributed by atoms with Gasteiger partial charge in [0, 0.05) is 35.5 Å². The summed E-state index contributed by atoms with van der Waals surface area (Å²) in [5.41, 5.74) is 3.03. The maximum atomic E-state index is 11.6. The molecule has 1 aromatic carbocycles. The number of nitrogens with zero attached hydrogens (tertiary/aromatic N) is 2. The standard InChI is InChI=1S/C27H29ClN2O3S/c1-33-22-7-8-26-24(15-22)23(25(28)16-29-26)6-2-5-20-9-12-30(17-21(20)14-27(31)32)11-3-4-19-10-13-34-18-19/h7-8,10,13,15-16,18,20-21H,2,5-6,9,11-12,14,17H2,1H3,(H,31,32). The van der Waals surface area contributed by atoms with Crippen molar-refractivity contribution >= 4 is 39.8 Å². The van der Waals surface area contributed by atoms with Gasteiger partial charge in [-0.25, -0.2) is 0 Å². The molecule has 1 saturated heterocycles. The zero-order chi connectivity index (χ0) is 23.9. The van der Waals surface area contributed by atoms with Gasteiger partial charge in [0.2, 0.25) is 0 Å². The Morgan fingerprint density at radius 2 is 2.24 bits per heavy atom. The smallest absolute Gasteiger partial charge is 0.303 e. The molecule has 0 radical (unpaired) electrons. The summed E-state index contributed by atoms with van der Waals surface area (Å²) in [6, 6.07) is 7.87. The van der Waals surface area contributed by atoms with E-state index in [-0.39, 0.29) is 12.3 Å². The molecule has 1 N–H and O–H groups in total. The summed E-state index contributed by atoms with van der Waals surface area (Å²) in [4.78, 5) is 18.3. The molecule has 3 heterocycles. The molecule has 0 aliphatic carbocycles. The number of hydrogen-bond acceptors (Lipinski definition) is 5. The fourth-order valence-corrected chi connectivity index (χ4v) is 5.68. The number of carboxylic acids is 1. The Morgan fingerprint density at radius 3 is 3.00 bits per heavy atom. The summed E-state index contributed by atoms with van der Waals surface area (Å²) in [7, 11) is 1.65. The number of likely N-dealkylation sites (tertiary alicyclic amines) is 1. The highest BCUT2D eigenvalue weighted by atomic mass is 35.5. The number of fused-ring (bicyclic) bond motifs is 1. The number of rotatable bonds is 8. The fraction of sp³-hybridized carbons (Fsp3) is 0.407. The van der Waals surface area contributed by atoms with Gasteiger partial charge in [0.25, 0.3) is 0 Å². The van der Waals surface area contributed by atoms with E-state index in [0.717, 1.165) is 66.6 Å². The minimum absolute atomic E-state index is 0.138. The molecule has 1 aliphatic heterocycles. The van der Waals surface area contributed by atoms with Crippen molar-refractivity contribution in [1.29, 1.82) is 0 Å².